The molecule has 0 N–H and O–H groups in total. The van der Waals surface area contributed by atoms with Crippen molar-refractivity contribution in [2.45, 2.75) is 41.2 Å². The normalized spacial score (nSPS) is 18.5. The van der Waals surface area contributed by atoms with Crippen LogP contribution < -0.4 is 9.47 Å². The number of benzene rings is 1. The zero-order chi connectivity index (χ0) is 18.2. The van der Waals surface area contributed by atoms with Crippen LogP contribution in [0.1, 0.15) is 40.2 Å². The summed E-state index contributed by atoms with van der Waals surface area (Å²) in [4.78, 5) is 17.4. The van der Waals surface area contributed by atoms with E-state index in [0.29, 0.717) is 6.79 Å². The van der Waals surface area contributed by atoms with Gasteiger partial charge in [-0.05, 0) is 23.1 Å². The Morgan fingerprint density at radius 2 is 1.64 bits per heavy atom. The molecule has 0 bridgehead atoms. The van der Waals surface area contributed by atoms with Crippen molar-refractivity contribution in [1.82, 2.24) is 9.80 Å². The molecule has 5 heteroatoms. The highest BCUT2D eigenvalue weighted by Crippen LogP contribution is 2.39. The summed E-state index contributed by atoms with van der Waals surface area (Å²) in [7, 11) is 0. The van der Waals surface area contributed by atoms with E-state index in [-0.39, 0.29) is 16.7 Å². The standard InChI is InChI=1S/C20H30N2O3/c1-19(2,3)20(4,5)18(23)22-10-8-21(9-11-22)13-15-6-7-16-17(12-15)25-14-24-16/h6-7,12H,8-11,13-14H2,1-5H3. The lowest BCUT2D eigenvalue weighted by molar-refractivity contribution is -0.148. The van der Waals surface area contributed by atoms with Crippen molar-refractivity contribution in [3.05, 3.63) is 23.8 Å². The van der Waals surface area contributed by atoms with Crippen molar-refractivity contribution >= 4 is 5.91 Å². The molecular formula is C20H30N2O3. The van der Waals surface area contributed by atoms with Crippen molar-refractivity contribution < 1.29 is 14.3 Å². The minimum absolute atomic E-state index is 0.0479. The van der Waals surface area contributed by atoms with Gasteiger partial charge in [0.15, 0.2) is 11.5 Å². The fourth-order valence-electron chi connectivity index (χ4n) is 3.12. The van der Waals surface area contributed by atoms with Crippen LogP contribution in [0.5, 0.6) is 11.5 Å². The lowest BCUT2D eigenvalue weighted by atomic mass is 9.68. The second kappa shape index (κ2) is 6.52. The fourth-order valence-corrected chi connectivity index (χ4v) is 3.12. The molecular weight excluding hydrogens is 316 g/mol. The van der Waals surface area contributed by atoms with E-state index in [1.807, 2.05) is 11.0 Å². The highest BCUT2D eigenvalue weighted by Gasteiger charge is 2.42. The van der Waals surface area contributed by atoms with Crippen molar-refractivity contribution in [2.24, 2.45) is 10.8 Å². The zero-order valence-corrected chi connectivity index (χ0v) is 16.1. The zero-order valence-electron chi connectivity index (χ0n) is 16.1. The molecule has 1 aromatic carbocycles. The lowest BCUT2D eigenvalue weighted by Crippen LogP contribution is -2.54. The molecule has 1 fully saturated rings. The first-order valence-corrected chi connectivity index (χ1v) is 9.09. The molecule has 0 spiro atoms. The molecule has 0 radical (unpaired) electrons. The van der Waals surface area contributed by atoms with Crippen LogP contribution in [0.3, 0.4) is 0 Å². The summed E-state index contributed by atoms with van der Waals surface area (Å²) >= 11 is 0. The average Bonchev–Trinajstić information content (AvgIpc) is 3.01. The number of ether oxygens (including phenoxy) is 2. The number of carbonyl (C=O) groups is 1. The van der Waals surface area contributed by atoms with Gasteiger partial charge >= 0.3 is 0 Å². The van der Waals surface area contributed by atoms with Gasteiger partial charge in [-0.1, -0.05) is 40.7 Å². The number of piperazine rings is 1. The van der Waals surface area contributed by atoms with Crippen LogP contribution >= 0.6 is 0 Å². The molecule has 2 aliphatic rings. The lowest BCUT2D eigenvalue weighted by Gasteiger charge is -2.43. The maximum atomic E-state index is 12.9. The Bertz CT molecular complexity index is 641. The molecule has 25 heavy (non-hydrogen) atoms. The molecule has 2 heterocycles. The van der Waals surface area contributed by atoms with Gasteiger partial charge in [-0.2, -0.15) is 0 Å². The third kappa shape index (κ3) is 3.61. The van der Waals surface area contributed by atoms with Crippen LogP contribution in [0, 0.1) is 10.8 Å². The minimum Gasteiger partial charge on any atom is -0.454 e. The Labute approximate surface area is 150 Å². The van der Waals surface area contributed by atoms with Gasteiger partial charge in [-0.15, -0.1) is 0 Å². The molecule has 0 aromatic heterocycles. The second-order valence-electron chi connectivity index (χ2n) is 8.63. The van der Waals surface area contributed by atoms with Crippen molar-refractivity contribution in [3.8, 4) is 11.5 Å². The number of nitrogens with zero attached hydrogens (tertiary/aromatic N) is 2. The van der Waals surface area contributed by atoms with Gasteiger partial charge in [0.05, 0.1) is 0 Å². The van der Waals surface area contributed by atoms with Crippen molar-refractivity contribution in [3.63, 3.8) is 0 Å². The predicted molar refractivity (Wildman–Crippen MR) is 97.7 cm³/mol. The first-order valence-electron chi connectivity index (χ1n) is 9.09. The van der Waals surface area contributed by atoms with E-state index in [4.69, 9.17) is 9.47 Å². The average molecular weight is 346 g/mol. The van der Waals surface area contributed by atoms with Crippen LogP contribution in [-0.2, 0) is 11.3 Å². The second-order valence-corrected chi connectivity index (χ2v) is 8.63. The van der Waals surface area contributed by atoms with Gasteiger partial charge in [0.2, 0.25) is 12.7 Å². The molecule has 0 aliphatic carbocycles. The Kier molecular flexibility index (Phi) is 4.71. The van der Waals surface area contributed by atoms with Crippen LogP contribution in [-0.4, -0.2) is 48.7 Å². The number of hydrogen-bond donors (Lipinski definition) is 0. The molecule has 5 nitrogen and oxygen atoms in total. The number of amides is 1. The molecule has 0 atom stereocenters. The number of fused-ring (bicyclic) bond motifs is 1. The van der Waals surface area contributed by atoms with Crippen LogP contribution in [0.4, 0.5) is 0 Å². The Morgan fingerprint density at radius 1 is 1.00 bits per heavy atom. The maximum Gasteiger partial charge on any atom is 0.231 e. The van der Waals surface area contributed by atoms with Crippen LogP contribution in [0.2, 0.25) is 0 Å². The van der Waals surface area contributed by atoms with E-state index >= 15 is 0 Å². The highest BCUT2D eigenvalue weighted by atomic mass is 16.7. The van der Waals surface area contributed by atoms with E-state index in [0.717, 1.165) is 44.2 Å². The first kappa shape index (κ1) is 18.1. The molecule has 2 aliphatic heterocycles. The molecule has 0 unspecified atom stereocenters. The summed E-state index contributed by atoms with van der Waals surface area (Å²) in [5.74, 6) is 1.92. The Balaban J connectivity index is 1.56. The minimum atomic E-state index is -0.355. The number of rotatable bonds is 3. The van der Waals surface area contributed by atoms with Gasteiger partial charge in [-0.3, -0.25) is 9.69 Å². The van der Waals surface area contributed by atoms with Gasteiger partial charge < -0.3 is 14.4 Å². The van der Waals surface area contributed by atoms with Crippen LogP contribution in [0.15, 0.2) is 18.2 Å². The van der Waals surface area contributed by atoms with Crippen LogP contribution in [0.25, 0.3) is 0 Å². The van der Waals surface area contributed by atoms with Crippen molar-refractivity contribution in [2.75, 3.05) is 33.0 Å². The largest absolute Gasteiger partial charge is 0.454 e. The van der Waals surface area contributed by atoms with Gasteiger partial charge in [0.1, 0.15) is 0 Å². The third-order valence-electron chi connectivity index (χ3n) is 5.91. The first-order chi connectivity index (χ1) is 11.7. The van der Waals surface area contributed by atoms with Gasteiger partial charge in [0.25, 0.3) is 0 Å². The number of carbonyl (C=O) groups excluding carboxylic acids is 1. The Hall–Kier alpha value is -1.75. The summed E-state index contributed by atoms with van der Waals surface area (Å²) in [5, 5.41) is 0. The van der Waals surface area contributed by atoms with E-state index in [1.54, 1.807) is 0 Å². The van der Waals surface area contributed by atoms with E-state index in [9.17, 15) is 4.79 Å². The summed E-state index contributed by atoms with van der Waals surface area (Å²) in [6.45, 7) is 15.1. The maximum absolute atomic E-state index is 12.9. The SMILES string of the molecule is CC(C)(C)C(C)(C)C(=O)N1CCN(Cc2ccc3c(c2)OCO3)CC1. The quantitative estimate of drug-likeness (QED) is 0.843. The Morgan fingerprint density at radius 3 is 2.28 bits per heavy atom. The monoisotopic (exact) mass is 346 g/mol. The van der Waals surface area contributed by atoms with Gasteiger partial charge in [0, 0.05) is 38.1 Å². The van der Waals surface area contributed by atoms with Gasteiger partial charge in [-0.25, -0.2) is 0 Å². The summed E-state index contributed by atoms with van der Waals surface area (Å²) in [6, 6.07) is 6.12. The van der Waals surface area contributed by atoms with E-state index in [2.05, 4.69) is 51.7 Å². The molecule has 0 saturated carbocycles. The highest BCUT2D eigenvalue weighted by molar-refractivity contribution is 5.82. The van der Waals surface area contributed by atoms with E-state index < -0.39 is 0 Å². The third-order valence-corrected chi connectivity index (χ3v) is 5.91. The molecule has 3 rings (SSSR count). The number of hydrogen-bond acceptors (Lipinski definition) is 4. The molecule has 138 valence electrons. The molecule has 1 amide bonds. The van der Waals surface area contributed by atoms with Crippen molar-refractivity contribution in [1.29, 1.82) is 0 Å². The topological polar surface area (TPSA) is 42.0 Å². The molecule has 1 saturated heterocycles. The summed E-state index contributed by atoms with van der Waals surface area (Å²) in [6.07, 6.45) is 0. The smallest absolute Gasteiger partial charge is 0.231 e. The summed E-state index contributed by atoms with van der Waals surface area (Å²) in [5.41, 5.74) is 0.819. The fraction of sp³-hybridized carbons (Fsp3) is 0.650. The molecule has 1 aromatic rings. The predicted octanol–water partition coefficient (Wildman–Crippen LogP) is 3.13. The summed E-state index contributed by atoms with van der Waals surface area (Å²) < 4.78 is 10.8. The van der Waals surface area contributed by atoms with E-state index in [1.165, 1.54) is 5.56 Å².